The molecule has 1 aliphatic rings. The summed E-state index contributed by atoms with van der Waals surface area (Å²) in [7, 11) is 1.83. The molecule has 0 atom stereocenters. The molecular weight excluding hydrogens is 114 g/mol. The van der Waals surface area contributed by atoms with Crippen LogP contribution >= 0.6 is 0 Å². The molecule has 2 heteroatoms. The van der Waals surface area contributed by atoms with Gasteiger partial charge in [0.25, 0.3) is 0 Å². The molecule has 1 aliphatic heterocycles. The van der Waals surface area contributed by atoms with Gasteiger partial charge in [-0.15, -0.1) is 0 Å². The SMILES string of the molecule is CN=CC1CCOCC1. The summed E-state index contributed by atoms with van der Waals surface area (Å²) in [5.74, 6) is 0.684. The second-order valence-electron chi connectivity index (χ2n) is 2.36. The van der Waals surface area contributed by atoms with Crippen LogP contribution in [0.15, 0.2) is 4.99 Å². The van der Waals surface area contributed by atoms with Crippen LogP contribution in [0.5, 0.6) is 0 Å². The zero-order chi connectivity index (χ0) is 6.53. The van der Waals surface area contributed by atoms with Gasteiger partial charge in [0.05, 0.1) is 0 Å². The molecule has 0 bridgehead atoms. The van der Waals surface area contributed by atoms with E-state index in [-0.39, 0.29) is 0 Å². The minimum Gasteiger partial charge on any atom is -0.381 e. The third kappa shape index (κ3) is 2.14. The van der Waals surface area contributed by atoms with Gasteiger partial charge in [0, 0.05) is 26.5 Å². The van der Waals surface area contributed by atoms with E-state index in [1.54, 1.807) is 0 Å². The predicted octanol–water partition coefficient (Wildman–Crippen LogP) is 1.11. The van der Waals surface area contributed by atoms with Gasteiger partial charge in [0.2, 0.25) is 0 Å². The maximum absolute atomic E-state index is 5.18. The van der Waals surface area contributed by atoms with E-state index in [2.05, 4.69) is 4.99 Å². The summed E-state index contributed by atoms with van der Waals surface area (Å²) in [4.78, 5) is 3.98. The first-order chi connectivity index (χ1) is 4.43. The summed E-state index contributed by atoms with van der Waals surface area (Å²) < 4.78 is 5.18. The molecule has 1 rings (SSSR count). The van der Waals surface area contributed by atoms with Gasteiger partial charge >= 0.3 is 0 Å². The fourth-order valence-corrected chi connectivity index (χ4v) is 1.08. The van der Waals surface area contributed by atoms with Crippen molar-refractivity contribution in [2.75, 3.05) is 20.3 Å². The van der Waals surface area contributed by atoms with Gasteiger partial charge in [-0.1, -0.05) is 0 Å². The molecule has 0 aromatic heterocycles. The lowest BCUT2D eigenvalue weighted by Crippen LogP contribution is -2.16. The smallest absolute Gasteiger partial charge is 0.0472 e. The normalized spacial score (nSPS) is 23.2. The molecule has 2 nitrogen and oxygen atoms in total. The standard InChI is InChI=1S/C7H13NO/c1-8-6-7-2-4-9-5-3-7/h6-7H,2-5H2,1H3. The molecule has 0 radical (unpaired) electrons. The van der Waals surface area contributed by atoms with Crippen molar-refractivity contribution in [3.8, 4) is 0 Å². The minimum atomic E-state index is 0.684. The van der Waals surface area contributed by atoms with E-state index < -0.39 is 0 Å². The Labute approximate surface area is 55.9 Å². The third-order valence-corrected chi connectivity index (χ3v) is 1.63. The molecule has 1 heterocycles. The van der Waals surface area contributed by atoms with Crippen LogP contribution in [0.4, 0.5) is 0 Å². The van der Waals surface area contributed by atoms with E-state index in [1.165, 1.54) is 0 Å². The monoisotopic (exact) mass is 127 g/mol. The maximum atomic E-state index is 5.18. The molecule has 9 heavy (non-hydrogen) atoms. The molecule has 1 fully saturated rings. The van der Waals surface area contributed by atoms with Gasteiger partial charge in [-0.25, -0.2) is 0 Å². The second kappa shape index (κ2) is 3.62. The quantitative estimate of drug-likeness (QED) is 0.483. The first-order valence-corrected chi connectivity index (χ1v) is 3.43. The van der Waals surface area contributed by atoms with Crippen LogP contribution in [-0.2, 0) is 4.74 Å². The maximum Gasteiger partial charge on any atom is 0.0472 e. The van der Waals surface area contributed by atoms with Crippen molar-refractivity contribution in [2.24, 2.45) is 10.9 Å². The summed E-state index contributed by atoms with van der Waals surface area (Å²) in [5, 5.41) is 0. The lowest BCUT2D eigenvalue weighted by molar-refractivity contribution is 0.0838. The summed E-state index contributed by atoms with van der Waals surface area (Å²) in [5.41, 5.74) is 0. The summed E-state index contributed by atoms with van der Waals surface area (Å²) in [6, 6.07) is 0. The molecule has 52 valence electrons. The van der Waals surface area contributed by atoms with Crippen LogP contribution in [0.2, 0.25) is 0 Å². The van der Waals surface area contributed by atoms with Crippen LogP contribution in [0.1, 0.15) is 12.8 Å². The fourth-order valence-electron chi connectivity index (χ4n) is 1.08. The van der Waals surface area contributed by atoms with E-state index in [0.29, 0.717) is 5.92 Å². The fraction of sp³-hybridized carbons (Fsp3) is 0.857. The lowest BCUT2D eigenvalue weighted by atomic mass is 10.0. The van der Waals surface area contributed by atoms with Gasteiger partial charge < -0.3 is 9.73 Å². The Balaban J connectivity index is 2.23. The number of hydrogen-bond donors (Lipinski definition) is 0. The third-order valence-electron chi connectivity index (χ3n) is 1.63. The topological polar surface area (TPSA) is 21.6 Å². The molecule has 0 saturated carbocycles. The summed E-state index contributed by atoms with van der Waals surface area (Å²) in [6.07, 6.45) is 4.33. The zero-order valence-electron chi connectivity index (χ0n) is 5.84. The van der Waals surface area contributed by atoms with Gasteiger partial charge in [0.15, 0.2) is 0 Å². The number of nitrogens with zero attached hydrogens (tertiary/aromatic N) is 1. The lowest BCUT2D eigenvalue weighted by Gasteiger charge is -2.17. The second-order valence-corrected chi connectivity index (χ2v) is 2.36. The predicted molar refractivity (Wildman–Crippen MR) is 38.0 cm³/mol. The van der Waals surface area contributed by atoms with Gasteiger partial charge in [-0.05, 0) is 18.8 Å². The molecule has 0 aromatic rings. The Morgan fingerprint density at radius 2 is 2.11 bits per heavy atom. The molecule has 0 aromatic carbocycles. The van der Waals surface area contributed by atoms with Crippen molar-refractivity contribution in [3.63, 3.8) is 0 Å². The zero-order valence-corrected chi connectivity index (χ0v) is 5.84. The highest BCUT2D eigenvalue weighted by molar-refractivity contribution is 5.60. The first-order valence-electron chi connectivity index (χ1n) is 3.43. The van der Waals surface area contributed by atoms with Gasteiger partial charge in [-0.2, -0.15) is 0 Å². The van der Waals surface area contributed by atoms with E-state index in [1.807, 2.05) is 13.3 Å². The largest absolute Gasteiger partial charge is 0.381 e. The van der Waals surface area contributed by atoms with Gasteiger partial charge in [0.1, 0.15) is 0 Å². The van der Waals surface area contributed by atoms with Crippen LogP contribution in [0.25, 0.3) is 0 Å². The van der Waals surface area contributed by atoms with Crippen LogP contribution in [-0.4, -0.2) is 26.5 Å². The Bertz CT molecular complexity index is 95.1. The molecule has 0 spiro atoms. The molecule has 0 amide bonds. The van der Waals surface area contributed by atoms with Crippen molar-refractivity contribution in [1.29, 1.82) is 0 Å². The Kier molecular flexibility index (Phi) is 2.71. The summed E-state index contributed by atoms with van der Waals surface area (Å²) in [6.45, 7) is 1.83. The highest BCUT2D eigenvalue weighted by Gasteiger charge is 2.09. The molecule has 0 unspecified atom stereocenters. The number of ether oxygens (including phenoxy) is 1. The molecule has 1 saturated heterocycles. The molecule has 0 N–H and O–H groups in total. The number of aliphatic imine (C=N–C) groups is 1. The van der Waals surface area contributed by atoms with E-state index >= 15 is 0 Å². The molecule has 0 aliphatic carbocycles. The van der Waals surface area contributed by atoms with Crippen molar-refractivity contribution in [1.82, 2.24) is 0 Å². The van der Waals surface area contributed by atoms with Crippen molar-refractivity contribution in [3.05, 3.63) is 0 Å². The van der Waals surface area contributed by atoms with Crippen molar-refractivity contribution in [2.45, 2.75) is 12.8 Å². The van der Waals surface area contributed by atoms with E-state index in [9.17, 15) is 0 Å². The number of rotatable bonds is 1. The van der Waals surface area contributed by atoms with Crippen molar-refractivity contribution < 1.29 is 4.74 Å². The first kappa shape index (κ1) is 6.75. The van der Waals surface area contributed by atoms with Crippen LogP contribution < -0.4 is 0 Å². The Morgan fingerprint density at radius 1 is 1.44 bits per heavy atom. The highest BCUT2D eigenvalue weighted by Crippen LogP contribution is 2.11. The van der Waals surface area contributed by atoms with Crippen LogP contribution in [0, 0.1) is 5.92 Å². The average Bonchev–Trinajstić information content (AvgIpc) is 1.91. The summed E-state index contributed by atoms with van der Waals surface area (Å²) >= 11 is 0. The van der Waals surface area contributed by atoms with Crippen molar-refractivity contribution >= 4 is 6.21 Å². The number of hydrogen-bond acceptors (Lipinski definition) is 2. The van der Waals surface area contributed by atoms with E-state index in [0.717, 1.165) is 26.1 Å². The van der Waals surface area contributed by atoms with Crippen LogP contribution in [0.3, 0.4) is 0 Å². The Morgan fingerprint density at radius 3 is 2.67 bits per heavy atom. The Hall–Kier alpha value is -0.370. The molecular formula is C7H13NO. The van der Waals surface area contributed by atoms with Gasteiger partial charge in [-0.3, -0.25) is 0 Å². The average molecular weight is 127 g/mol. The van der Waals surface area contributed by atoms with E-state index in [4.69, 9.17) is 4.74 Å². The highest BCUT2D eigenvalue weighted by atomic mass is 16.5. The minimum absolute atomic E-state index is 0.684.